The first-order valence-electron chi connectivity index (χ1n) is 11.9. The van der Waals surface area contributed by atoms with Crippen molar-refractivity contribution in [3.05, 3.63) is 90.0 Å². The Kier molecular flexibility index (Phi) is 8.36. The molecule has 38 heavy (non-hydrogen) atoms. The lowest BCUT2D eigenvalue weighted by Crippen LogP contribution is -2.49. The fourth-order valence-electron chi connectivity index (χ4n) is 3.65. The number of fused-ring (bicyclic) bond motifs is 1. The number of pyridine rings is 1. The van der Waals surface area contributed by atoms with Crippen LogP contribution in [0.2, 0.25) is 0 Å². The maximum Gasteiger partial charge on any atom is 0.270 e. The number of ether oxygens (including phenoxy) is 2. The van der Waals surface area contributed by atoms with Crippen molar-refractivity contribution in [2.24, 2.45) is 0 Å². The van der Waals surface area contributed by atoms with E-state index in [4.69, 9.17) is 9.47 Å². The van der Waals surface area contributed by atoms with Gasteiger partial charge >= 0.3 is 0 Å². The number of amides is 2. The Morgan fingerprint density at radius 2 is 2.00 bits per heavy atom. The summed E-state index contributed by atoms with van der Waals surface area (Å²) >= 11 is 0. The van der Waals surface area contributed by atoms with Gasteiger partial charge in [-0.1, -0.05) is 18.4 Å². The third kappa shape index (κ3) is 6.55. The Morgan fingerprint density at radius 3 is 2.76 bits per heavy atom. The molecule has 2 amide bonds. The molecule has 0 saturated carbocycles. The minimum absolute atomic E-state index is 0.0536. The zero-order valence-electron chi connectivity index (χ0n) is 21.1. The van der Waals surface area contributed by atoms with Gasteiger partial charge in [0.2, 0.25) is 0 Å². The number of benzene rings is 2. The van der Waals surface area contributed by atoms with Gasteiger partial charge in [0.1, 0.15) is 41.4 Å². The fourth-order valence-corrected chi connectivity index (χ4v) is 3.65. The highest BCUT2D eigenvalue weighted by Crippen LogP contribution is 2.31. The maximum absolute atomic E-state index is 13.2. The summed E-state index contributed by atoms with van der Waals surface area (Å²) < 4.78 is 24.7. The third-order valence-electron chi connectivity index (χ3n) is 5.73. The molecule has 9 heteroatoms. The fraction of sp³-hybridized carbons (Fsp3) is 0.207. The van der Waals surface area contributed by atoms with Crippen molar-refractivity contribution in [3.8, 4) is 29.1 Å². The van der Waals surface area contributed by atoms with Crippen molar-refractivity contribution in [1.82, 2.24) is 15.6 Å². The second kappa shape index (κ2) is 12.0. The highest BCUT2D eigenvalue weighted by molar-refractivity contribution is 6.03. The number of nitrogens with zero attached hydrogens (tertiary/aromatic N) is 2. The summed E-state index contributed by atoms with van der Waals surface area (Å²) in [5.41, 5.74) is 2.12. The number of hydrogen-bond donors (Lipinski definition) is 2. The Bertz CT molecular complexity index is 1410. The van der Waals surface area contributed by atoms with Gasteiger partial charge in [-0.15, -0.1) is 0 Å². The molecule has 1 aromatic heterocycles. The molecule has 3 aromatic rings. The predicted molar refractivity (Wildman–Crippen MR) is 142 cm³/mol. The lowest BCUT2D eigenvalue weighted by molar-refractivity contribution is -0.120. The second-order valence-electron chi connectivity index (χ2n) is 8.56. The summed E-state index contributed by atoms with van der Waals surface area (Å²) in [6.07, 6.45) is 2.16. The van der Waals surface area contributed by atoms with Crippen LogP contribution >= 0.6 is 0 Å². The highest BCUT2D eigenvalue weighted by Gasteiger charge is 2.31. The minimum Gasteiger partial charge on any atom is -0.489 e. The summed E-state index contributed by atoms with van der Waals surface area (Å²) in [6, 6.07) is 12.9. The normalized spacial score (nSPS) is 14.3. The van der Waals surface area contributed by atoms with E-state index in [-0.39, 0.29) is 24.0 Å². The van der Waals surface area contributed by atoms with Crippen LogP contribution in [0.1, 0.15) is 22.5 Å². The molecule has 2 heterocycles. The van der Waals surface area contributed by atoms with Gasteiger partial charge in [-0.25, -0.2) is 4.39 Å². The van der Waals surface area contributed by atoms with Gasteiger partial charge in [0.25, 0.3) is 11.8 Å². The van der Waals surface area contributed by atoms with Crippen LogP contribution in [0.25, 0.3) is 0 Å². The molecule has 194 valence electrons. The molecule has 0 saturated heterocycles. The molecule has 0 unspecified atom stereocenters. The van der Waals surface area contributed by atoms with Gasteiger partial charge in [-0.05, 0) is 74.1 Å². The molecule has 0 bridgehead atoms. The van der Waals surface area contributed by atoms with Gasteiger partial charge in [-0.3, -0.25) is 14.6 Å². The number of nitrogens with one attached hydrogen (secondary N) is 2. The number of aromatic nitrogens is 1. The molecule has 1 aliphatic rings. The SMILES string of the molecule is C=C(C#Cc1ccc2c(c1)N(C)C(=O)[C@@H](NC(=O)c1cc(Oc3ccc(F)cc3)ccn1)CO2)CCNC. The molecule has 1 atom stereocenters. The highest BCUT2D eigenvalue weighted by atomic mass is 19.1. The van der Waals surface area contributed by atoms with Crippen molar-refractivity contribution in [2.75, 3.05) is 32.1 Å². The van der Waals surface area contributed by atoms with Crippen LogP contribution in [0.4, 0.5) is 10.1 Å². The van der Waals surface area contributed by atoms with Gasteiger partial charge < -0.3 is 25.0 Å². The first-order chi connectivity index (χ1) is 18.3. The number of halogens is 1. The maximum atomic E-state index is 13.2. The Hall–Kier alpha value is -4.68. The van der Waals surface area contributed by atoms with Crippen molar-refractivity contribution < 1.29 is 23.5 Å². The van der Waals surface area contributed by atoms with Crippen molar-refractivity contribution in [2.45, 2.75) is 12.5 Å². The molecule has 0 fully saturated rings. The number of rotatable bonds is 7. The summed E-state index contributed by atoms with van der Waals surface area (Å²) in [7, 11) is 3.49. The number of carbonyl (C=O) groups is 2. The monoisotopic (exact) mass is 514 g/mol. The Labute approximate surface area is 220 Å². The molecule has 4 rings (SSSR count). The molecular weight excluding hydrogens is 487 g/mol. The lowest BCUT2D eigenvalue weighted by atomic mass is 10.1. The second-order valence-corrected chi connectivity index (χ2v) is 8.56. The predicted octanol–water partition coefficient (Wildman–Crippen LogP) is 3.68. The van der Waals surface area contributed by atoms with E-state index in [2.05, 4.69) is 34.0 Å². The number of hydrogen-bond acceptors (Lipinski definition) is 6. The van der Waals surface area contributed by atoms with E-state index < -0.39 is 11.9 Å². The standard InChI is InChI=1S/C29H27FN4O4/c1-19(12-14-31-2)4-5-20-6-11-27-26(16-20)34(3)29(36)25(18-37-27)33-28(35)24-17-23(13-15-32-24)38-22-9-7-21(30)8-10-22/h6-11,13,15-17,25,31H,1,12,14,18H2,2-3H3,(H,33,35)/t25-/m0/s1. The van der Waals surface area contributed by atoms with Crippen molar-refractivity contribution in [3.63, 3.8) is 0 Å². The number of carbonyl (C=O) groups excluding carboxylic acids is 2. The van der Waals surface area contributed by atoms with Gasteiger partial charge in [0.05, 0.1) is 5.69 Å². The third-order valence-corrected chi connectivity index (χ3v) is 5.73. The number of likely N-dealkylation sites (N-methyl/N-ethyl adjacent to an activating group) is 1. The zero-order valence-corrected chi connectivity index (χ0v) is 21.1. The first kappa shape index (κ1) is 26.4. The van der Waals surface area contributed by atoms with Crippen LogP contribution in [0, 0.1) is 17.7 Å². The molecule has 1 aliphatic heterocycles. The summed E-state index contributed by atoms with van der Waals surface area (Å²) in [5, 5.41) is 5.75. The van der Waals surface area contributed by atoms with E-state index in [1.165, 1.54) is 41.4 Å². The van der Waals surface area contributed by atoms with Gasteiger partial charge in [0, 0.05) is 24.9 Å². The molecule has 0 aliphatic carbocycles. The smallest absolute Gasteiger partial charge is 0.270 e. The van der Waals surface area contributed by atoms with Crippen LogP contribution in [-0.2, 0) is 4.79 Å². The van der Waals surface area contributed by atoms with E-state index in [1.54, 1.807) is 25.2 Å². The molecule has 2 N–H and O–H groups in total. The average molecular weight is 515 g/mol. The van der Waals surface area contributed by atoms with Crippen LogP contribution in [0.5, 0.6) is 17.2 Å². The molecule has 0 radical (unpaired) electrons. The lowest BCUT2D eigenvalue weighted by Gasteiger charge is -2.20. The average Bonchev–Trinajstić information content (AvgIpc) is 3.04. The van der Waals surface area contributed by atoms with Crippen LogP contribution in [0.3, 0.4) is 0 Å². The van der Waals surface area contributed by atoms with Crippen molar-refractivity contribution >= 4 is 17.5 Å². The quantitative estimate of drug-likeness (QED) is 0.468. The van der Waals surface area contributed by atoms with E-state index in [0.717, 1.165) is 18.5 Å². The molecular formula is C29H27FN4O4. The summed E-state index contributed by atoms with van der Waals surface area (Å²) in [6.45, 7) is 4.69. The van der Waals surface area contributed by atoms with Crippen LogP contribution in [-0.4, -0.2) is 50.1 Å². The van der Waals surface area contributed by atoms with E-state index in [1.807, 2.05) is 13.1 Å². The number of anilines is 1. The Morgan fingerprint density at radius 1 is 1.21 bits per heavy atom. The van der Waals surface area contributed by atoms with Gasteiger partial charge in [0.15, 0.2) is 0 Å². The van der Waals surface area contributed by atoms with E-state index in [0.29, 0.717) is 28.5 Å². The topological polar surface area (TPSA) is 92.8 Å². The largest absolute Gasteiger partial charge is 0.489 e. The molecule has 0 spiro atoms. The van der Waals surface area contributed by atoms with E-state index in [9.17, 15) is 14.0 Å². The first-order valence-corrected chi connectivity index (χ1v) is 11.9. The zero-order chi connectivity index (χ0) is 27.1. The van der Waals surface area contributed by atoms with E-state index >= 15 is 0 Å². The van der Waals surface area contributed by atoms with Crippen LogP contribution in [0.15, 0.2) is 72.9 Å². The molecule has 8 nitrogen and oxygen atoms in total. The minimum atomic E-state index is -0.945. The van der Waals surface area contributed by atoms with Crippen molar-refractivity contribution in [1.29, 1.82) is 0 Å². The summed E-state index contributed by atoms with van der Waals surface area (Å²) in [4.78, 5) is 31.7. The van der Waals surface area contributed by atoms with Gasteiger partial charge in [-0.2, -0.15) is 0 Å². The summed E-state index contributed by atoms with van der Waals surface area (Å²) in [5.74, 6) is 6.06. The van der Waals surface area contributed by atoms with Crippen LogP contribution < -0.4 is 25.0 Å². The molecule has 2 aromatic carbocycles. The Balaban J connectivity index is 1.44.